The number of fused-ring (bicyclic) bond motifs is 1. The number of aromatic nitrogens is 3. The molecule has 0 saturated heterocycles. The Morgan fingerprint density at radius 1 is 1.12 bits per heavy atom. The van der Waals surface area contributed by atoms with Crippen LogP contribution in [0.3, 0.4) is 0 Å². The number of hydrogen-bond donors (Lipinski definition) is 2. The van der Waals surface area contributed by atoms with Crippen LogP contribution >= 0.6 is 23.1 Å². The lowest BCUT2D eigenvalue weighted by molar-refractivity contribution is -0.384. The predicted octanol–water partition coefficient (Wildman–Crippen LogP) is 4.70. The first-order valence-electron chi connectivity index (χ1n) is 13.2. The number of halogens is 1. The van der Waals surface area contributed by atoms with Gasteiger partial charge in [-0.2, -0.15) is 0 Å². The molecule has 0 fully saturated rings. The lowest BCUT2D eigenvalue weighted by Crippen LogP contribution is -2.24. The van der Waals surface area contributed by atoms with Gasteiger partial charge in [-0.1, -0.05) is 11.8 Å². The number of carbonyl (C=O) groups excluding carboxylic acids is 3. The van der Waals surface area contributed by atoms with Crippen molar-refractivity contribution in [2.24, 2.45) is 0 Å². The number of esters is 1. The fraction of sp³-hybridized carbons (Fsp3) is 0.250. The number of carbonyl (C=O) groups is 3. The Bertz CT molecular complexity index is 1690. The minimum atomic E-state index is -0.557. The first-order valence-corrected chi connectivity index (χ1v) is 15.0. The van der Waals surface area contributed by atoms with Crippen molar-refractivity contribution in [3.05, 3.63) is 91.9 Å². The molecular formula is C28H25FN6O6S2. The van der Waals surface area contributed by atoms with Crippen LogP contribution in [-0.2, 0) is 28.9 Å². The van der Waals surface area contributed by atoms with Gasteiger partial charge in [-0.3, -0.25) is 24.3 Å². The third-order valence-electron chi connectivity index (χ3n) is 6.52. The van der Waals surface area contributed by atoms with Crippen LogP contribution in [0, 0.1) is 15.9 Å². The van der Waals surface area contributed by atoms with Crippen molar-refractivity contribution in [2.45, 2.75) is 37.9 Å². The van der Waals surface area contributed by atoms with Gasteiger partial charge in [-0.05, 0) is 68.1 Å². The third kappa shape index (κ3) is 6.73. The molecule has 2 aromatic carbocycles. The average Bonchev–Trinajstić information content (AvgIpc) is 3.70. The molecule has 43 heavy (non-hydrogen) atoms. The van der Waals surface area contributed by atoms with Crippen LogP contribution in [0.25, 0.3) is 5.69 Å². The smallest absolute Gasteiger partial charge is 0.341 e. The summed E-state index contributed by atoms with van der Waals surface area (Å²) < 4.78 is 20.5. The number of thiophene rings is 1. The molecule has 12 nitrogen and oxygen atoms in total. The van der Waals surface area contributed by atoms with Gasteiger partial charge >= 0.3 is 5.97 Å². The maximum absolute atomic E-state index is 13.7. The first kappa shape index (κ1) is 29.8. The second kappa shape index (κ2) is 13.1. The summed E-state index contributed by atoms with van der Waals surface area (Å²) in [4.78, 5) is 49.7. The molecule has 0 atom stereocenters. The van der Waals surface area contributed by atoms with Crippen LogP contribution < -0.4 is 10.6 Å². The van der Waals surface area contributed by atoms with Gasteiger partial charge in [0, 0.05) is 28.3 Å². The number of hydrogen-bond acceptors (Lipinski definition) is 10. The molecule has 15 heteroatoms. The van der Waals surface area contributed by atoms with E-state index < -0.39 is 22.6 Å². The van der Waals surface area contributed by atoms with E-state index in [9.17, 15) is 28.9 Å². The van der Waals surface area contributed by atoms with E-state index in [2.05, 4.69) is 20.8 Å². The zero-order valence-corrected chi connectivity index (χ0v) is 24.4. The average molecular weight is 625 g/mol. The minimum absolute atomic E-state index is 0.0701. The maximum Gasteiger partial charge on any atom is 0.341 e. The SMILES string of the molecule is CCOC(=O)c1c(NC(=O)CSc2nnc(CNC(=O)c3ccc([N+](=O)[O-])cc3)n2-c2ccc(F)cc2)sc2c1CCC2. The van der Waals surface area contributed by atoms with Crippen molar-refractivity contribution in [1.29, 1.82) is 0 Å². The third-order valence-corrected chi connectivity index (χ3v) is 8.65. The largest absolute Gasteiger partial charge is 0.462 e. The van der Waals surface area contributed by atoms with Gasteiger partial charge < -0.3 is 15.4 Å². The number of benzene rings is 2. The number of anilines is 1. The Morgan fingerprint density at radius 2 is 1.86 bits per heavy atom. The number of nitro benzene ring substituents is 1. The highest BCUT2D eigenvalue weighted by Gasteiger charge is 2.28. The van der Waals surface area contributed by atoms with Crippen molar-refractivity contribution in [3.8, 4) is 5.69 Å². The number of ether oxygens (including phenoxy) is 1. The first-order chi connectivity index (χ1) is 20.7. The zero-order valence-electron chi connectivity index (χ0n) is 22.8. The molecule has 2 heterocycles. The summed E-state index contributed by atoms with van der Waals surface area (Å²) >= 11 is 2.46. The summed E-state index contributed by atoms with van der Waals surface area (Å²) in [5, 5.41) is 25.6. The van der Waals surface area contributed by atoms with Crippen molar-refractivity contribution >= 4 is 51.6 Å². The number of amides is 2. The normalized spacial score (nSPS) is 12.0. The van der Waals surface area contributed by atoms with Crippen molar-refractivity contribution in [3.63, 3.8) is 0 Å². The van der Waals surface area contributed by atoms with Gasteiger partial charge in [0.05, 0.1) is 29.4 Å². The van der Waals surface area contributed by atoms with Crippen LogP contribution in [0.1, 0.15) is 50.3 Å². The highest BCUT2D eigenvalue weighted by atomic mass is 32.2. The predicted molar refractivity (Wildman–Crippen MR) is 157 cm³/mol. The van der Waals surface area contributed by atoms with Crippen LogP contribution in [0.15, 0.2) is 53.7 Å². The maximum atomic E-state index is 13.7. The van der Waals surface area contributed by atoms with Gasteiger partial charge in [0.1, 0.15) is 10.8 Å². The molecule has 2 aromatic heterocycles. The molecule has 0 unspecified atom stereocenters. The standard InChI is InChI=1S/C28H25FN6O6S2/c1-2-41-27(38)24-20-4-3-5-21(20)43-26(24)31-23(36)15-42-28-33-32-22(34(28)18-12-8-17(29)9-13-18)14-30-25(37)16-6-10-19(11-7-16)35(39)40/h6-13H,2-5,14-15H2,1H3,(H,30,37)(H,31,36). The summed E-state index contributed by atoms with van der Waals surface area (Å²) in [6.07, 6.45) is 2.56. The van der Waals surface area contributed by atoms with E-state index >= 15 is 0 Å². The number of nitro groups is 1. The Hall–Kier alpha value is -4.63. The molecule has 2 amide bonds. The van der Waals surface area contributed by atoms with Gasteiger partial charge in [0.2, 0.25) is 5.91 Å². The number of aryl methyl sites for hydroxylation is 1. The minimum Gasteiger partial charge on any atom is -0.462 e. The molecule has 0 spiro atoms. The summed E-state index contributed by atoms with van der Waals surface area (Å²) in [5.41, 5.74) is 1.93. The highest BCUT2D eigenvalue weighted by Crippen LogP contribution is 2.39. The van der Waals surface area contributed by atoms with Crippen molar-refractivity contribution < 1.29 is 28.4 Å². The van der Waals surface area contributed by atoms with E-state index in [4.69, 9.17) is 4.74 Å². The Labute approximate surface area is 252 Å². The van der Waals surface area contributed by atoms with E-state index in [1.54, 1.807) is 11.5 Å². The summed E-state index contributed by atoms with van der Waals surface area (Å²) in [6.45, 7) is 1.88. The van der Waals surface area contributed by atoms with Crippen molar-refractivity contribution in [1.82, 2.24) is 20.1 Å². The zero-order chi connectivity index (χ0) is 30.5. The number of nitrogens with one attached hydrogen (secondary N) is 2. The second-order valence-electron chi connectivity index (χ2n) is 9.32. The number of non-ortho nitro benzene ring substituents is 1. The van der Waals surface area contributed by atoms with Gasteiger partial charge in [0.15, 0.2) is 11.0 Å². The molecule has 5 rings (SSSR count). The number of rotatable bonds is 11. The molecule has 1 aliphatic carbocycles. The molecular weight excluding hydrogens is 599 g/mol. The summed E-state index contributed by atoms with van der Waals surface area (Å²) in [5.74, 6) is -1.52. The van der Waals surface area contributed by atoms with E-state index in [-0.39, 0.29) is 36.1 Å². The van der Waals surface area contributed by atoms with E-state index in [1.165, 1.54) is 59.9 Å². The topological polar surface area (TPSA) is 158 Å². The van der Waals surface area contributed by atoms with Crippen LogP contribution in [0.2, 0.25) is 0 Å². The lowest BCUT2D eigenvalue weighted by Gasteiger charge is -2.11. The monoisotopic (exact) mass is 624 g/mol. The van der Waals surface area contributed by atoms with Crippen LogP contribution in [-0.4, -0.2) is 49.8 Å². The Kier molecular flexibility index (Phi) is 9.11. The quantitative estimate of drug-likeness (QED) is 0.104. The van der Waals surface area contributed by atoms with E-state index in [0.717, 1.165) is 41.5 Å². The molecule has 222 valence electrons. The summed E-state index contributed by atoms with van der Waals surface area (Å²) in [7, 11) is 0. The Balaban J connectivity index is 1.31. The van der Waals surface area contributed by atoms with E-state index in [1.807, 2.05) is 0 Å². The highest BCUT2D eigenvalue weighted by molar-refractivity contribution is 7.99. The van der Waals surface area contributed by atoms with Gasteiger partial charge in [-0.25, -0.2) is 9.18 Å². The van der Waals surface area contributed by atoms with E-state index in [0.29, 0.717) is 27.2 Å². The number of nitrogens with zero attached hydrogens (tertiary/aromatic N) is 4. The lowest BCUT2D eigenvalue weighted by atomic mass is 10.1. The Morgan fingerprint density at radius 3 is 2.56 bits per heavy atom. The fourth-order valence-corrected chi connectivity index (χ4v) is 6.62. The summed E-state index contributed by atoms with van der Waals surface area (Å²) in [6, 6.07) is 10.7. The van der Waals surface area contributed by atoms with Crippen molar-refractivity contribution in [2.75, 3.05) is 17.7 Å². The molecule has 4 aromatic rings. The molecule has 0 radical (unpaired) electrons. The van der Waals surface area contributed by atoms with Gasteiger partial charge in [-0.15, -0.1) is 21.5 Å². The molecule has 0 aliphatic heterocycles. The van der Waals surface area contributed by atoms with Crippen LogP contribution in [0.4, 0.5) is 15.1 Å². The molecule has 1 aliphatic rings. The molecule has 2 N–H and O–H groups in total. The second-order valence-corrected chi connectivity index (χ2v) is 11.4. The fourth-order valence-electron chi connectivity index (χ4n) is 4.56. The molecule has 0 saturated carbocycles. The van der Waals surface area contributed by atoms with Crippen LogP contribution in [0.5, 0.6) is 0 Å². The number of thioether (sulfide) groups is 1. The molecule has 0 bridgehead atoms. The van der Waals surface area contributed by atoms with Gasteiger partial charge in [0.25, 0.3) is 11.6 Å².